The highest BCUT2D eigenvalue weighted by molar-refractivity contribution is 5.79. The van der Waals surface area contributed by atoms with E-state index in [1.807, 2.05) is 13.1 Å². The third-order valence-electron chi connectivity index (χ3n) is 2.79. The number of hydrogen-bond acceptors (Lipinski definition) is 3. The van der Waals surface area contributed by atoms with Gasteiger partial charge in [-0.3, -0.25) is 9.79 Å². The Balaban J connectivity index is 3.75. The van der Waals surface area contributed by atoms with Crippen LogP contribution < -0.4 is 5.32 Å². The van der Waals surface area contributed by atoms with Crippen LogP contribution in [0, 0.1) is 0 Å². The van der Waals surface area contributed by atoms with E-state index in [-0.39, 0.29) is 5.97 Å². The number of esters is 1. The summed E-state index contributed by atoms with van der Waals surface area (Å²) in [6.45, 7) is 5.48. The van der Waals surface area contributed by atoms with Crippen molar-refractivity contribution in [2.75, 3.05) is 34.3 Å². The maximum Gasteiger partial charge on any atom is 0.305 e. The van der Waals surface area contributed by atoms with Gasteiger partial charge in [0.05, 0.1) is 7.11 Å². The predicted molar refractivity (Wildman–Crippen MR) is 79.3 cm³/mol. The third kappa shape index (κ3) is 9.11. The number of carbonyl (C=O) groups excluding carboxylic acids is 1. The molecule has 0 radical (unpaired) electrons. The normalized spacial score (nSPS) is 11.0. The molecule has 1 N–H and O–H groups in total. The lowest BCUT2D eigenvalue weighted by atomic mass is 10.2. The van der Waals surface area contributed by atoms with Gasteiger partial charge in [-0.15, -0.1) is 6.58 Å². The first kappa shape index (κ1) is 17.5. The van der Waals surface area contributed by atoms with Crippen molar-refractivity contribution >= 4 is 11.9 Å². The highest BCUT2D eigenvalue weighted by Crippen LogP contribution is 1.97. The molecule has 0 aliphatic carbocycles. The van der Waals surface area contributed by atoms with Crippen LogP contribution in [0.3, 0.4) is 0 Å². The fraction of sp³-hybridized carbons (Fsp3) is 0.714. The van der Waals surface area contributed by atoms with E-state index in [1.54, 1.807) is 7.05 Å². The van der Waals surface area contributed by atoms with Crippen molar-refractivity contribution in [1.29, 1.82) is 0 Å². The first-order valence-corrected chi connectivity index (χ1v) is 6.75. The number of hydrogen-bond donors (Lipinski definition) is 1. The largest absolute Gasteiger partial charge is 0.469 e. The van der Waals surface area contributed by atoms with Gasteiger partial charge in [-0.2, -0.15) is 0 Å². The molecule has 0 spiro atoms. The molecule has 0 aliphatic rings. The van der Waals surface area contributed by atoms with Gasteiger partial charge in [0.1, 0.15) is 0 Å². The summed E-state index contributed by atoms with van der Waals surface area (Å²) in [4.78, 5) is 17.3. The van der Waals surface area contributed by atoms with Crippen molar-refractivity contribution in [3.63, 3.8) is 0 Å². The van der Waals surface area contributed by atoms with Gasteiger partial charge in [0.25, 0.3) is 0 Å². The minimum Gasteiger partial charge on any atom is -0.469 e. The van der Waals surface area contributed by atoms with Gasteiger partial charge in [0.2, 0.25) is 0 Å². The lowest BCUT2D eigenvalue weighted by Gasteiger charge is -2.21. The van der Waals surface area contributed by atoms with Gasteiger partial charge in [-0.25, -0.2) is 0 Å². The molecular weight excluding hydrogens is 242 g/mol. The Morgan fingerprint density at radius 1 is 1.42 bits per heavy atom. The SMILES string of the molecule is C=CCCCN(C)C(=NC)NCCCCC(=O)OC. The van der Waals surface area contributed by atoms with Crippen molar-refractivity contribution in [2.24, 2.45) is 4.99 Å². The zero-order chi connectivity index (χ0) is 14.5. The Hall–Kier alpha value is -1.52. The van der Waals surface area contributed by atoms with Crippen LogP contribution >= 0.6 is 0 Å². The van der Waals surface area contributed by atoms with Crippen LogP contribution in [0.25, 0.3) is 0 Å². The number of ether oxygens (including phenoxy) is 1. The molecule has 0 amide bonds. The number of nitrogens with zero attached hydrogens (tertiary/aromatic N) is 2. The van der Waals surface area contributed by atoms with Gasteiger partial charge < -0.3 is 15.0 Å². The van der Waals surface area contributed by atoms with E-state index < -0.39 is 0 Å². The van der Waals surface area contributed by atoms with Gasteiger partial charge in [0, 0.05) is 33.6 Å². The molecule has 0 aliphatic heterocycles. The number of guanidine groups is 1. The molecule has 0 heterocycles. The fourth-order valence-corrected chi connectivity index (χ4v) is 1.66. The second kappa shape index (κ2) is 11.6. The molecule has 0 fully saturated rings. The van der Waals surface area contributed by atoms with Crippen molar-refractivity contribution in [2.45, 2.75) is 32.1 Å². The molecule has 0 bridgehead atoms. The zero-order valence-electron chi connectivity index (χ0n) is 12.4. The van der Waals surface area contributed by atoms with E-state index in [0.717, 1.165) is 44.7 Å². The number of allylic oxidation sites excluding steroid dienone is 1. The standard InChI is InChI=1S/C14H27N3O2/c1-5-6-9-12-17(3)14(15-2)16-11-8-7-10-13(18)19-4/h5H,1,6-12H2,2-4H3,(H,15,16). The van der Waals surface area contributed by atoms with Crippen molar-refractivity contribution < 1.29 is 9.53 Å². The fourth-order valence-electron chi connectivity index (χ4n) is 1.66. The highest BCUT2D eigenvalue weighted by atomic mass is 16.5. The van der Waals surface area contributed by atoms with Crippen LogP contribution in [0.1, 0.15) is 32.1 Å². The second-order valence-electron chi connectivity index (χ2n) is 4.36. The van der Waals surface area contributed by atoms with Gasteiger partial charge in [-0.1, -0.05) is 6.08 Å². The molecule has 5 nitrogen and oxygen atoms in total. The molecule has 0 aromatic rings. The number of aliphatic imine (C=N–C) groups is 1. The van der Waals surface area contributed by atoms with Crippen LogP contribution in [0.2, 0.25) is 0 Å². The number of carbonyl (C=O) groups is 1. The Bertz CT molecular complexity index is 290. The Morgan fingerprint density at radius 3 is 2.74 bits per heavy atom. The second-order valence-corrected chi connectivity index (χ2v) is 4.36. The van der Waals surface area contributed by atoms with E-state index in [0.29, 0.717) is 6.42 Å². The molecule has 110 valence electrons. The van der Waals surface area contributed by atoms with Crippen LogP contribution in [0.15, 0.2) is 17.6 Å². The highest BCUT2D eigenvalue weighted by Gasteiger charge is 2.04. The topological polar surface area (TPSA) is 53.9 Å². The maximum atomic E-state index is 10.9. The molecule has 19 heavy (non-hydrogen) atoms. The molecule has 0 saturated carbocycles. The monoisotopic (exact) mass is 269 g/mol. The summed E-state index contributed by atoms with van der Waals surface area (Å²) < 4.78 is 4.59. The van der Waals surface area contributed by atoms with E-state index in [9.17, 15) is 4.79 Å². The molecule has 0 atom stereocenters. The van der Waals surface area contributed by atoms with Crippen molar-refractivity contribution in [1.82, 2.24) is 10.2 Å². The predicted octanol–water partition coefficient (Wildman–Crippen LogP) is 1.80. The average molecular weight is 269 g/mol. The zero-order valence-corrected chi connectivity index (χ0v) is 12.4. The van der Waals surface area contributed by atoms with Gasteiger partial charge in [0.15, 0.2) is 5.96 Å². The molecule has 0 saturated heterocycles. The number of nitrogens with one attached hydrogen (secondary N) is 1. The summed E-state index contributed by atoms with van der Waals surface area (Å²) in [5.74, 6) is 0.744. The summed E-state index contributed by atoms with van der Waals surface area (Å²) in [5, 5.41) is 3.29. The number of rotatable bonds is 9. The van der Waals surface area contributed by atoms with Crippen LogP contribution in [0.5, 0.6) is 0 Å². The van der Waals surface area contributed by atoms with Crippen LogP contribution in [-0.4, -0.2) is 51.1 Å². The molecular formula is C14H27N3O2. The van der Waals surface area contributed by atoms with E-state index in [2.05, 4.69) is 26.5 Å². The van der Waals surface area contributed by atoms with Crippen LogP contribution in [-0.2, 0) is 9.53 Å². The summed E-state index contributed by atoms with van der Waals surface area (Å²) in [7, 11) is 5.22. The van der Waals surface area contributed by atoms with Gasteiger partial charge >= 0.3 is 5.97 Å². The first-order chi connectivity index (χ1) is 9.15. The summed E-state index contributed by atoms with van der Waals surface area (Å²) in [5.41, 5.74) is 0. The molecule has 0 unspecified atom stereocenters. The minimum atomic E-state index is -0.147. The summed E-state index contributed by atoms with van der Waals surface area (Å²) in [6.07, 6.45) is 6.25. The number of methoxy groups -OCH3 is 1. The van der Waals surface area contributed by atoms with Crippen molar-refractivity contribution in [3.05, 3.63) is 12.7 Å². The summed E-state index contributed by atoms with van der Waals surface area (Å²) in [6, 6.07) is 0. The van der Waals surface area contributed by atoms with E-state index in [4.69, 9.17) is 0 Å². The molecule has 0 aromatic carbocycles. The molecule has 0 aromatic heterocycles. The average Bonchev–Trinajstić information content (AvgIpc) is 2.42. The lowest BCUT2D eigenvalue weighted by molar-refractivity contribution is -0.140. The first-order valence-electron chi connectivity index (χ1n) is 6.75. The maximum absolute atomic E-state index is 10.9. The smallest absolute Gasteiger partial charge is 0.305 e. The third-order valence-corrected chi connectivity index (χ3v) is 2.79. The van der Waals surface area contributed by atoms with E-state index >= 15 is 0 Å². The molecule has 0 rings (SSSR count). The summed E-state index contributed by atoms with van der Waals surface area (Å²) >= 11 is 0. The lowest BCUT2D eigenvalue weighted by Crippen LogP contribution is -2.39. The number of unbranched alkanes of at least 4 members (excludes halogenated alkanes) is 2. The van der Waals surface area contributed by atoms with Crippen LogP contribution in [0.4, 0.5) is 0 Å². The minimum absolute atomic E-state index is 0.147. The Morgan fingerprint density at radius 2 is 2.16 bits per heavy atom. The Kier molecular flexibility index (Phi) is 10.6. The molecule has 5 heteroatoms. The van der Waals surface area contributed by atoms with Crippen molar-refractivity contribution in [3.8, 4) is 0 Å². The Labute approximate surface area is 116 Å². The van der Waals surface area contributed by atoms with E-state index in [1.165, 1.54) is 7.11 Å². The van der Waals surface area contributed by atoms with Gasteiger partial charge in [-0.05, 0) is 25.7 Å². The quantitative estimate of drug-likeness (QED) is 0.228.